The van der Waals surface area contributed by atoms with Crippen molar-refractivity contribution in [1.82, 2.24) is 0 Å². The number of hydrogen-bond donors (Lipinski definition) is 0. The zero-order valence-electron chi connectivity index (χ0n) is 11.9. The van der Waals surface area contributed by atoms with Crippen LogP contribution in [0.2, 0.25) is 0 Å². The molecule has 0 heterocycles. The van der Waals surface area contributed by atoms with Gasteiger partial charge in [0.15, 0.2) is 5.78 Å². The van der Waals surface area contributed by atoms with Crippen LogP contribution in [-0.2, 0) is 0 Å². The summed E-state index contributed by atoms with van der Waals surface area (Å²) in [5, 5.41) is 0. The van der Waals surface area contributed by atoms with Gasteiger partial charge in [0.05, 0.1) is 11.3 Å². The Morgan fingerprint density at radius 3 is 2.14 bits per heavy atom. The normalized spacial score (nSPS) is 10.9. The van der Waals surface area contributed by atoms with E-state index in [-0.39, 0.29) is 5.75 Å². The SMILES string of the molecule is CC(C)c1ccc(SCC(=O)c2c(F)cccc2F)cc1. The summed E-state index contributed by atoms with van der Waals surface area (Å²) in [4.78, 5) is 12.8. The summed E-state index contributed by atoms with van der Waals surface area (Å²) in [6, 6.07) is 11.3. The molecule has 0 aliphatic rings. The molecule has 0 N–H and O–H groups in total. The smallest absolute Gasteiger partial charge is 0.178 e. The molecule has 0 fully saturated rings. The molecule has 0 radical (unpaired) electrons. The Bertz CT molecular complexity index is 615. The van der Waals surface area contributed by atoms with Crippen molar-refractivity contribution in [2.24, 2.45) is 0 Å². The van der Waals surface area contributed by atoms with E-state index in [1.54, 1.807) is 0 Å². The highest BCUT2D eigenvalue weighted by Crippen LogP contribution is 2.23. The summed E-state index contributed by atoms with van der Waals surface area (Å²) >= 11 is 1.28. The maximum atomic E-state index is 13.5. The van der Waals surface area contributed by atoms with Gasteiger partial charge in [0, 0.05) is 4.90 Å². The first-order valence-corrected chi connectivity index (χ1v) is 7.67. The van der Waals surface area contributed by atoms with E-state index < -0.39 is 23.0 Å². The van der Waals surface area contributed by atoms with Gasteiger partial charge in [0.25, 0.3) is 0 Å². The summed E-state index contributed by atoms with van der Waals surface area (Å²) in [7, 11) is 0. The van der Waals surface area contributed by atoms with Crippen LogP contribution in [0.3, 0.4) is 0 Å². The second kappa shape index (κ2) is 6.85. The van der Waals surface area contributed by atoms with Gasteiger partial charge in [0.2, 0.25) is 0 Å². The van der Waals surface area contributed by atoms with Crippen molar-refractivity contribution < 1.29 is 13.6 Å². The monoisotopic (exact) mass is 306 g/mol. The van der Waals surface area contributed by atoms with E-state index in [2.05, 4.69) is 13.8 Å². The Morgan fingerprint density at radius 2 is 1.62 bits per heavy atom. The van der Waals surface area contributed by atoms with Gasteiger partial charge in [-0.25, -0.2) is 8.78 Å². The van der Waals surface area contributed by atoms with Gasteiger partial charge in [0.1, 0.15) is 11.6 Å². The Hall–Kier alpha value is -1.68. The van der Waals surface area contributed by atoms with Crippen molar-refractivity contribution in [3.05, 3.63) is 65.2 Å². The molecule has 4 heteroatoms. The minimum atomic E-state index is -0.809. The van der Waals surface area contributed by atoms with Crippen LogP contribution in [0.1, 0.15) is 35.7 Å². The first-order valence-electron chi connectivity index (χ1n) is 6.69. The molecule has 0 aliphatic heterocycles. The van der Waals surface area contributed by atoms with Gasteiger partial charge < -0.3 is 0 Å². The van der Waals surface area contributed by atoms with Crippen molar-refractivity contribution in [3.8, 4) is 0 Å². The van der Waals surface area contributed by atoms with E-state index in [9.17, 15) is 13.6 Å². The molecular weight excluding hydrogens is 290 g/mol. The fourth-order valence-electron chi connectivity index (χ4n) is 1.93. The molecule has 0 spiro atoms. The van der Waals surface area contributed by atoms with Crippen LogP contribution in [0.5, 0.6) is 0 Å². The minimum absolute atomic E-state index is 0.0128. The Morgan fingerprint density at radius 1 is 1.05 bits per heavy atom. The zero-order valence-corrected chi connectivity index (χ0v) is 12.7. The number of carbonyl (C=O) groups excluding carboxylic acids is 1. The quantitative estimate of drug-likeness (QED) is 0.567. The predicted molar refractivity (Wildman–Crippen MR) is 81.9 cm³/mol. The summed E-state index contributed by atoms with van der Waals surface area (Å²) < 4.78 is 27.0. The molecule has 0 atom stereocenters. The lowest BCUT2D eigenvalue weighted by Crippen LogP contribution is -2.08. The Kier molecular flexibility index (Phi) is 5.12. The highest BCUT2D eigenvalue weighted by molar-refractivity contribution is 8.00. The maximum Gasteiger partial charge on any atom is 0.178 e. The maximum absolute atomic E-state index is 13.5. The molecule has 1 nitrogen and oxygen atoms in total. The molecule has 0 aromatic heterocycles. The summed E-state index contributed by atoms with van der Waals surface area (Å²) in [6.07, 6.45) is 0. The molecule has 2 aromatic carbocycles. The van der Waals surface area contributed by atoms with Crippen LogP contribution in [0.15, 0.2) is 47.4 Å². The van der Waals surface area contributed by atoms with Crippen LogP contribution < -0.4 is 0 Å². The lowest BCUT2D eigenvalue weighted by molar-refractivity contribution is 0.101. The second-order valence-corrected chi connectivity index (χ2v) is 6.08. The number of thioether (sulfide) groups is 1. The average molecular weight is 306 g/mol. The fourth-order valence-corrected chi connectivity index (χ4v) is 2.70. The minimum Gasteiger partial charge on any atom is -0.293 e. The highest BCUT2D eigenvalue weighted by atomic mass is 32.2. The van der Waals surface area contributed by atoms with Crippen LogP contribution in [-0.4, -0.2) is 11.5 Å². The number of Topliss-reactive ketones (excluding diaryl/α,β-unsaturated/α-hetero) is 1. The molecule has 110 valence electrons. The molecule has 0 aliphatic carbocycles. The largest absolute Gasteiger partial charge is 0.293 e. The van der Waals surface area contributed by atoms with Crippen LogP contribution in [0, 0.1) is 11.6 Å². The molecule has 21 heavy (non-hydrogen) atoms. The van der Waals surface area contributed by atoms with Crippen LogP contribution >= 0.6 is 11.8 Å². The molecule has 0 amide bonds. The number of benzene rings is 2. The van der Waals surface area contributed by atoms with Gasteiger partial charge in [-0.2, -0.15) is 0 Å². The van der Waals surface area contributed by atoms with Crippen LogP contribution in [0.4, 0.5) is 8.78 Å². The van der Waals surface area contributed by atoms with E-state index in [0.717, 1.165) is 17.0 Å². The lowest BCUT2D eigenvalue weighted by atomic mass is 10.0. The van der Waals surface area contributed by atoms with Gasteiger partial charge >= 0.3 is 0 Å². The molecular formula is C17H16F2OS. The number of ketones is 1. The number of carbonyl (C=O) groups is 1. The van der Waals surface area contributed by atoms with Crippen molar-refractivity contribution in [2.45, 2.75) is 24.7 Å². The Balaban J connectivity index is 2.04. The molecule has 0 saturated heterocycles. The third-order valence-electron chi connectivity index (χ3n) is 3.16. The van der Waals surface area contributed by atoms with Gasteiger partial charge in [-0.05, 0) is 35.7 Å². The van der Waals surface area contributed by atoms with Crippen molar-refractivity contribution >= 4 is 17.5 Å². The third kappa shape index (κ3) is 3.91. The van der Waals surface area contributed by atoms with Crippen molar-refractivity contribution in [1.29, 1.82) is 0 Å². The molecule has 2 rings (SSSR count). The number of rotatable bonds is 5. The highest BCUT2D eigenvalue weighted by Gasteiger charge is 2.16. The van der Waals surface area contributed by atoms with Gasteiger partial charge in [-0.1, -0.05) is 32.0 Å². The average Bonchev–Trinajstić information content (AvgIpc) is 2.45. The third-order valence-corrected chi connectivity index (χ3v) is 4.17. The van der Waals surface area contributed by atoms with E-state index in [4.69, 9.17) is 0 Å². The Labute approximate surface area is 127 Å². The van der Waals surface area contributed by atoms with E-state index in [1.807, 2.05) is 24.3 Å². The van der Waals surface area contributed by atoms with E-state index >= 15 is 0 Å². The van der Waals surface area contributed by atoms with Gasteiger partial charge in [-0.15, -0.1) is 11.8 Å². The van der Waals surface area contributed by atoms with Crippen LogP contribution in [0.25, 0.3) is 0 Å². The second-order valence-electron chi connectivity index (χ2n) is 5.03. The standard InChI is InChI=1S/C17H16F2OS/c1-11(2)12-6-8-13(9-7-12)21-10-16(20)17-14(18)4-3-5-15(17)19/h3-9,11H,10H2,1-2H3. The number of halogens is 2. The van der Waals surface area contributed by atoms with E-state index in [0.29, 0.717) is 5.92 Å². The van der Waals surface area contributed by atoms with Crippen molar-refractivity contribution in [3.63, 3.8) is 0 Å². The first-order chi connectivity index (χ1) is 9.99. The number of hydrogen-bond acceptors (Lipinski definition) is 2. The summed E-state index contributed by atoms with van der Waals surface area (Å²) in [5.74, 6) is -1.70. The summed E-state index contributed by atoms with van der Waals surface area (Å²) in [5.41, 5.74) is 0.759. The molecule has 0 bridgehead atoms. The van der Waals surface area contributed by atoms with Crippen molar-refractivity contribution in [2.75, 3.05) is 5.75 Å². The van der Waals surface area contributed by atoms with E-state index in [1.165, 1.54) is 23.4 Å². The molecule has 0 saturated carbocycles. The molecule has 2 aromatic rings. The molecule has 0 unspecified atom stereocenters. The zero-order chi connectivity index (χ0) is 15.4. The van der Waals surface area contributed by atoms with Gasteiger partial charge in [-0.3, -0.25) is 4.79 Å². The fraction of sp³-hybridized carbons (Fsp3) is 0.235. The topological polar surface area (TPSA) is 17.1 Å². The lowest BCUT2D eigenvalue weighted by Gasteiger charge is -2.07. The predicted octanol–water partition coefficient (Wildman–Crippen LogP) is 5.06. The first kappa shape index (κ1) is 15.7. The summed E-state index contributed by atoms with van der Waals surface area (Å²) in [6.45, 7) is 4.21.